The maximum absolute atomic E-state index is 12.3. The first-order valence-corrected chi connectivity index (χ1v) is 8.53. The second kappa shape index (κ2) is 7.21. The first-order chi connectivity index (χ1) is 11.5. The van der Waals surface area contributed by atoms with E-state index in [2.05, 4.69) is 18.7 Å². The molecule has 130 valence electrons. The highest BCUT2D eigenvalue weighted by molar-refractivity contribution is 5.80. The van der Waals surface area contributed by atoms with E-state index in [1.54, 1.807) is 4.90 Å². The van der Waals surface area contributed by atoms with Gasteiger partial charge in [-0.05, 0) is 19.4 Å². The zero-order valence-corrected chi connectivity index (χ0v) is 14.4. The fourth-order valence-electron chi connectivity index (χ4n) is 3.14. The smallest absolute Gasteiger partial charge is 0.410 e. The minimum atomic E-state index is -0.302. The Morgan fingerprint density at radius 1 is 1.21 bits per heavy atom. The van der Waals surface area contributed by atoms with Gasteiger partial charge in [0.1, 0.15) is 6.61 Å². The molecule has 2 fully saturated rings. The summed E-state index contributed by atoms with van der Waals surface area (Å²) in [6, 6.07) is 10.2. The number of amides is 2. The van der Waals surface area contributed by atoms with Crippen molar-refractivity contribution in [1.29, 1.82) is 0 Å². The molecule has 0 radical (unpaired) electrons. The van der Waals surface area contributed by atoms with Crippen LogP contribution in [0.25, 0.3) is 0 Å². The zero-order valence-electron chi connectivity index (χ0n) is 14.4. The molecule has 2 amide bonds. The number of carbonyl (C=O) groups excluding carboxylic acids is 2. The largest absolute Gasteiger partial charge is 0.445 e. The Morgan fingerprint density at radius 3 is 2.54 bits per heavy atom. The van der Waals surface area contributed by atoms with Gasteiger partial charge in [0.25, 0.3) is 0 Å². The highest BCUT2D eigenvalue weighted by Gasteiger charge is 2.39. The Kier molecular flexibility index (Phi) is 5.04. The van der Waals surface area contributed by atoms with Gasteiger partial charge in [0, 0.05) is 32.2 Å². The molecule has 2 aliphatic rings. The van der Waals surface area contributed by atoms with Crippen molar-refractivity contribution < 1.29 is 14.3 Å². The summed E-state index contributed by atoms with van der Waals surface area (Å²) in [5, 5.41) is 0. The number of piperazine rings is 1. The summed E-state index contributed by atoms with van der Waals surface area (Å²) in [7, 11) is 0. The lowest BCUT2D eigenvalue weighted by Gasteiger charge is -2.47. The van der Waals surface area contributed by atoms with Crippen molar-refractivity contribution in [3.63, 3.8) is 0 Å². The number of nitrogens with zero attached hydrogens (tertiary/aromatic N) is 3. The van der Waals surface area contributed by atoms with Crippen LogP contribution in [-0.2, 0) is 16.1 Å². The van der Waals surface area contributed by atoms with Crippen molar-refractivity contribution in [2.75, 3.05) is 32.7 Å². The van der Waals surface area contributed by atoms with Gasteiger partial charge in [-0.1, -0.05) is 30.3 Å². The number of benzene rings is 1. The molecule has 0 N–H and O–H groups in total. The average Bonchev–Trinajstić information content (AvgIpc) is 2.53. The van der Waals surface area contributed by atoms with Crippen molar-refractivity contribution in [3.05, 3.63) is 35.9 Å². The maximum Gasteiger partial charge on any atom is 0.410 e. The second-order valence-corrected chi connectivity index (χ2v) is 6.75. The summed E-state index contributed by atoms with van der Waals surface area (Å²) >= 11 is 0. The first-order valence-electron chi connectivity index (χ1n) is 8.53. The summed E-state index contributed by atoms with van der Waals surface area (Å²) in [5.74, 6) is 0.164. The lowest BCUT2D eigenvalue weighted by molar-refractivity contribution is -0.143. The van der Waals surface area contributed by atoms with Gasteiger partial charge in [0.15, 0.2) is 0 Å². The highest BCUT2D eigenvalue weighted by Crippen LogP contribution is 2.19. The normalized spacial score (nSPS) is 19.5. The Balaban J connectivity index is 1.42. The molecule has 6 nitrogen and oxygen atoms in total. The molecule has 0 aliphatic carbocycles. The summed E-state index contributed by atoms with van der Waals surface area (Å²) in [4.78, 5) is 30.1. The number of carbonyl (C=O) groups is 2. The molecule has 0 unspecified atom stereocenters. The van der Waals surface area contributed by atoms with Crippen LogP contribution in [0.3, 0.4) is 0 Å². The molecule has 0 atom stereocenters. The van der Waals surface area contributed by atoms with Crippen molar-refractivity contribution >= 4 is 12.0 Å². The van der Waals surface area contributed by atoms with Gasteiger partial charge in [0.05, 0.1) is 12.6 Å². The van der Waals surface area contributed by atoms with Crippen LogP contribution in [0, 0.1) is 0 Å². The van der Waals surface area contributed by atoms with Gasteiger partial charge in [-0.2, -0.15) is 0 Å². The molecule has 0 bridgehead atoms. The molecule has 1 aromatic rings. The minimum absolute atomic E-state index is 0.135. The fourth-order valence-corrected chi connectivity index (χ4v) is 3.14. The van der Waals surface area contributed by atoms with Crippen LogP contribution in [0.15, 0.2) is 30.3 Å². The fraction of sp³-hybridized carbons (Fsp3) is 0.556. The van der Waals surface area contributed by atoms with E-state index in [0.717, 1.165) is 18.7 Å². The van der Waals surface area contributed by atoms with E-state index in [1.807, 2.05) is 35.2 Å². The molecule has 2 saturated heterocycles. The van der Waals surface area contributed by atoms with Crippen LogP contribution < -0.4 is 0 Å². The first kappa shape index (κ1) is 16.8. The standard InChI is InChI=1S/C18H25N3O3/c1-14(2)19-8-9-21(17(22)12-19)16-10-20(11-16)18(23)24-13-15-6-4-3-5-7-15/h3-7,14,16H,8-13H2,1-2H3. The molecule has 0 spiro atoms. The molecule has 6 heteroatoms. The third kappa shape index (κ3) is 3.70. The third-order valence-corrected chi connectivity index (χ3v) is 4.78. The van der Waals surface area contributed by atoms with E-state index in [-0.39, 0.29) is 24.6 Å². The molecule has 2 heterocycles. The topological polar surface area (TPSA) is 53.1 Å². The van der Waals surface area contributed by atoms with E-state index in [9.17, 15) is 9.59 Å². The van der Waals surface area contributed by atoms with Crippen LogP contribution in [0.2, 0.25) is 0 Å². The van der Waals surface area contributed by atoms with Crippen LogP contribution in [0.1, 0.15) is 19.4 Å². The van der Waals surface area contributed by atoms with E-state index >= 15 is 0 Å². The van der Waals surface area contributed by atoms with Crippen molar-refractivity contribution in [1.82, 2.24) is 14.7 Å². The van der Waals surface area contributed by atoms with Crippen LogP contribution in [-0.4, -0.2) is 71.5 Å². The molecule has 0 saturated carbocycles. The lowest BCUT2D eigenvalue weighted by atomic mass is 10.1. The Morgan fingerprint density at radius 2 is 1.92 bits per heavy atom. The van der Waals surface area contributed by atoms with Gasteiger partial charge in [0.2, 0.25) is 5.91 Å². The monoisotopic (exact) mass is 331 g/mol. The maximum atomic E-state index is 12.3. The average molecular weight is 331 g/mol. The number of rotatable bonds is 4. The molecule has 3 rings (SSSR count). The van der Waals surface area contributed by atoms with Crippen molar-refractivity contribution in [2.24, 2.45) is 0 Å². The van der Waals surface area contributed by atoms with Gasteiger partial charge in [-0.15, -0.1) is 0 Å². The third-order valence-electron chi connectivity index (χ3n) is 4.78. The number of hydrogen-bond acceptors (Lipinski definition) is 4. The predicted molar refractivity (Wildman–Crippen MR) is 90.4 cm³/mol. The zero-order chi connectivity index (χ0) is 17.1. The van der Waals surface area contributed by atoms with E-state index in [4.69, 9.17) is 4.74 Å². The molecular weight excluding hydrogens is 306 g/mol. The Bertz CT molecular complexity index is 584. The SMILES string of the molecule is CC(C)N1CCN(C2CN(C(=O)OCc3ccccc3)C2)C(=O)C1. The van der Waals surface area contributed by atoms with E-state index in [1.165, 1.54) is 0 Å². The van der Waals surface area contributed by atoms with Gasteiger partial charge >= 0.3 is 6.09 Å². The highest BCUT2D eigenvalue weighted by atomic mass is 16.6. The van der Waals surface area contributed by atoms with Crippen LogP contribution >= 0.6 is 0 Å². The van der Waals surface area contributed by atoms with Crippen molar-refractivity contribution in [2.45, 2.75) is 32.5 Å². The Labute approximate surface area is 143 Å². The van der Waals surface area contributed by atoms with Crippen LogP contribution in [0.4, 0.5) is 4.79 Å². The number of hydrogen-bond donors (Lipinski definition) is 0. The predicted octanol–water partition coefficient (Wildman–Crippen LogP) is 1.56. The summed E-state index contributed by atoms with van der Waals surface area (Å²) in [5.41, 5.74) is 0.975. The van der Waals surface area contributed by atoms with Gasteiger partial charge < -0.3 is 14.5 Å². The van der Waals surface area contributed by atoms with E-state index in [0.29, 0.717) is 25.7 Å². The molecule has 24 heavy (non-hydrogen) atoms. The summed E-state index contributed by atoms with van der Waals surface area (Å²) < 4.78 is 5.32. The second-order valence-electron chi connectivity index (χ2n) is 6.75. The lowest BCUT2D eigenvalue weighted by Crippen LogP contribution is -2.66. The van der Waals surface area contributed by atoms with E-state index < -0.39 is 0 Å². The molecule has 2 aliphatic heterocycles. The molecule has 0 aromatic heterocycles. The summed E-state index contributed by atoms with van der Waals surface area (Å²) in [6.07, 6.45) is -0.302. The minimum Gasteiger partial charge on any atom is -0.445 e. The number of likely N-dealkylation sites (tertiary alicyclic amines) is 1. The van der Waals surface area contributed by atoms with Crippen molar-refractivity contribution in [3.8, 4) is 0 Å². The number of ether oxygens (including phenoxy) is 1. The summed E-state index contributed by atoms with van der Waals surface area (Å²) in [6.45, 7) is 7.77. The van der Waals surface area contributed by atoms with Gasteiger partial charge in [-0.25, -0.2) is 4.79 Å². The molecule has 1 aromatic carbocycles. The van der Waals surface area contributed by atoms with Crippen LogP contribution in [0.5, 0.6) is 0 Å². The Hall–Kier alpha value is -2.08. The van der Waals surface area contributed by atoms with Gasteiger partial charge in [-0.3, -0.25) is 9.69 Å². The molecular formula is C18H25N3O3. The quantitative estimate of drug-likeness (QED) is 0.840.